The lowest BCUT2D eigenvalue weighted by Crippen LogP contribution is -2.45. The molecule has 1 aromatic carbocycles. The molecule has 1 N–H and O–H groups in total. The van der Waals surface area contributed by atoms with Gasteiger partial charge in [0.05, 0.1) is 0 Å². The summed E-state index contributed by atoms with van der Waals surface area (Å²) in [4.78, 5) is 17.4. The Bertz CT molecular complexity index is 771. The highest BCUT2D eigenvalue weighted by Crippen LogP contribution is 2.21. The molecule has 2 heterocycles. The second kappa shape index (κ2) is 9.32. The van der Waals surface area contributed by atoms with Gasteiger partial charge in [0.1, 0.15) is 11.5 Å². The number of carbonyl (C=O) groups is 1. The molecule has 152 valence electrons. The Morgan fingerprint density at radius 2 is 2.04 bits per heavy atom. The average Bonchev–Trinajstić information content (AvgIpc) is 3.03. The Hall–Kier alpha value is -2.21. The molecule has 0 bridgehead atoms. The van der Waals surface area contributed by atoms with E-state index in [2.05, 4.69) is 35.9 Å². The minimum absolute atomic E-state index is 0.00730. The first-order valence-corrected chi connectivity index (χ1v) is 10.3. The van der Waals surface area contributed by atoms with E-state index >= 15 is 0 Å². The lowest BCUT2D eigenvalue weighted by atomic mass is 10.0. The van der Waals surface area contributed by atoms with E-state index in [0.717, 1.165) is 50.2 Å². The molecule has 28 heavy (non-hydrogen) atoms. The molecule has 0 aliphatic carbocycles. The Labute approximate surface area is 166 Å². The number of halogens is 1. The van der Waals surface area contributed by atoms with Crippen LogP contribution in [0, 0.1) is 11.7 Å². The molecule has 1 atom stereocenters. The molecule has 1 aliphatic heterocycles. The van der Waals surface area contributed by atoms with Gasteiger partial charge in [0.2, 0.25) is 0 Å². The number of benzene rings is 1. The van der Waals surface area contributed by atoms with Crippen molar-refractivity contribution in [1.29, 1.82) is 0 Å². The summed E-state index contributed by atoms with van der Waals surface area (Å²) in [6, 6.07) is 8.86. The molecule has 6 heteroatoms. The summed E-state index contributed by atoms with van der Waals surface area (Å²) in [5, 5.41) is 7.22. The van der Waals surface area contributed by atoms with Gasteiger partial charge in [-0.3, -0.25) is 14.8 Å². The third-order valence-corrected chi connectivity index (χ3v) is 5.47. The molecule has 2 aromatic rings. The van der Waals surface area contributed by atoms with Gasteiger partial charge < -0.3 is 4.90 Å². The van der Waals surface area contributed by atoms with Crippen LogP contribution in [0.5, 0.6) is 0 Å². The van der Waals surface area contributed by atoms with E-state index < -0.39 is 0 Å². The number of hydrogen-bond donors (Lipinski definition) is 1. The number of hydrogen-bond acceptors (Lipinski definition) is 3. The Morgan fingerprint density at radius 1 is 1.29 bits per heavy atom. The first-order valence-electron chi connectivity index (χ1n) is 10.3. The van der Waals surface area contributed by atoms with Crippen LogP contribution in [0.15, 0.2) is 30.3 Å². The van der Waals surface area contributed by atoms with E-state index in [1.807, 2.05) is 23.1 Å². The number of aromatic nitrogens is 2. The summed E-state index contributed by atoms with van der Waals surface area (Å²) in [5.74, 6) is 0.204. The summed E-state index contributed by atoms with van der Waals surface area (Å²) in [7, 11) is 0. The van der Waals surface area contributed by atoms with Gasteiger partial charge in [-0.05, 0) is 42.5 Å². The zero-order valence-electron chi connectivity index (χ0n) is 17.1. The van der Waals surface area contributed by atoms with E-state index in [-0.39, 0.29) is 17.8 Å². The second-order valence-corrected chi connectivity index (χ2v) is 8.04. The normalized spacial score (nSPS) is 18.5. The zero-order chi connectivity index (χ0) is 20.1. The van der Waals surface area contributed by atoms with Crippen molar-refractivity contribution in [3.63, 3.8) is 0 Å². The molecule has 1 saturated heterocycles. The molecule has 1 aliphatic rings. The van der Waals surface area contributed by atoms with Gasteiger partial charge in [0.25, 0.3) is 5.91 Å². The van der Waals surface area contributed by atoms with Crippen LogP contribution in [0.1, 0.15) is 55.4 Å². The maximum absolute atomic E-state index is 13.2. The molecule has 0 unspecified atom stereocenters. The quantitative estimate of drug-likeness (QED) is 0.820. The van der Waals surface area contributed by atoms with Crippen molar-refractivity contribution in [3.05, 3.63) is 53.1 Å². The summed E-state index contributed by atoms with van der Waals surface area (Å²) in [5.41, 5.74) is 2.63. The maximum Gasteiger partial charge on any atom is 0.274 e. The van der Waals surface area contributed by atoms with E-state index in [1.165, 1.54) is 12.1 Å². The molecular formula is C22H31FN4O. The smallest absolute Gasteiger partial charge is 0.274 e. The Kier molecular flexibility index (Phi) is 6.83. The second-order valence-electron chi connectivity index (χ2n) is 8.04. The number of nitrogens with one attached hydrogen (secondary N) is 1. The maximum atomic E-state index is 13.2. The topological polar surface area (TPSA) is 52.2 Å². The fourth-order valence-corrected chi connectivity index (χ4v) is 3.93. The van der Waals surface area contributed by atoms with Crippen molar-refractivity contribution in [2.75, 3.05) is 19.6 Å². The fraction of sp³-hybridized carbons (Fsp3) is 0.545. The average molecular weight is 387 g/mol. The lowest BCUT2D eigenvalue weighted by molar-refractivity contribution is 0.0696. The third-order valence-electron chi connectivity index (χ3n) is 5.47. The molecule has 1 fully saturated rings. The number of nitrogens with zero attached hydrogens (tertiary/aromatic N) is 3. The van der Waals surface area contributed by atoms with E-state index in [0.29, 0.717) is 18.2 Å². The number of aryl methyl sites for hydroxylation is 1. The SMILES string of the molecule is CCCc1cc(C(=O)N2CCCN(Cc3ccc(F)cc3)[C@H](C(C)C)C2)n[nH]1. The van der Waals surface area contributed by atoms with Crippen LogP contribution in [0.2, 0.25) is 0 Å². The molecule has 0 radical (unpaired) electrons. The highest BCUT2D eigenvalue weighted by molar-refractivity contribution is 5.92. The van der Waals surface area contributed by atoms with Gasteiger partial charge in [-0.2, -0.15) is 5.10 Å². The van der Waals surface area contributed by atoms with Crippen molar-refractivity contribution < 1.29 is 9.18 Å². The van der Waals surface area contributed by atoms with Crippen LogP contribution in [-0.2, 0) is 13.0 Å². The van der Waals surface area contributed by atoms with Crippen LogP contribution >= 0.6 is 0 Å². The number of carbonyl (C=O) groups excluding carboxylic acids is 1. The summed E-state index contributed by atoms with van der Waals surface area (Å²) in [6.45, 7) is 9.62. The predicted octanol–water partition coefficient (Wildman–Crippen LogP) is 3.87. The van der Waals surface area contributed by atoms with Crippen molar-refractivity contribution in [2.45, 2.75) is 52.6 Å². The first kappa shape index (κ1) is 20.5. The third kappa shape index (κ3) is 4.98. The lowest BCUT2D eigenvalue weighted by Gasteiger charge is -2.34. The van der Waals surface area contributed by atoms with Gasteiger partial charge in [0.15, 0.2) is 0 Å². The van der Waals surface area contributed by atoms with Gasteiger partial charge in [-0.1, -0.05) is 39.3 Å². The number of aromatic amines is 1. The minimum atomic E-state index is -0.210. The van der Waals surface area contributed by atoms with Crippen LogP contribution in [-0.4, -0.2) is 51.6 Å². The minimum Gasteiger partial charge on any atom is -0.336 e. The number of H-pyrrole nitrogens is 1. The van der Waals surface area contributed by atoms with Crippen molar-refractivity contribution in [1.82, 2.24) is 20.0 Å². The van der Waals surface area contributed by atoms with Crippen molar-refractivity contribution in [3.8, 4) is 0 Å². The first-order chi connectivity index (χ1) is 13.5. The van der Waals surface area contributed by atoms with Crippen LogP contribution in [0.25, 0.3) is 0 Å². The van der Waals surface area contributed by atoms with E-state index in [4.69, 9.17) is 0 Å². The largest absolute Gasteiger partial charge is 0.336 e. The Balaban J connectivity index is 1.72. The zero-order valence-corrected chi connectivity index (χ0v) is 17.1. The van der Waals surface area contributed by atoms with Gasteiger partial charge in [0, 0.05) is 37.9 Å². The highest BCUT2D eigenvalue weighted by atomic mass is 19.1. The van der Waals surface area contributed by atoms with Crippen LogP contribution in [0.4, 0.5) is 4.39 Å². The highest BCUT2D eigenvalue weighted by Gasteiger charge is 2.30. The molecule has 0 saturated carbocycles. The Morgan fingerprint density at radius 3 is 2.71 bits per heavy atom. The standard InChI is InChI=1S/C22H31FN4O/c1-4-6-19-13-20(25-24-19)22(28)27-12-5-11-26(21(15-27)16(2)3)14-17-7-9-18(23)10-8-17/h7-10,13,16,21H,4-6,11-12,14-15H2,1-3H3,(H,24,25)/t21-/m0/s1. The van der Waals surface area contributed by atoms with E-state index in [1.54, 1.807) is 0 Å². The summed E-state index contributed by atoms with van der Waals surface area (Å²) in [6.07, 6.45) is 2.84. The van der Waals surface area contributed by atoms with Gasteiger partial charge >= 0.3 is 0 Å². The van der Waals surface area contributed by atoms with Crippen molar-refractivity contribution in [2.24, 2.45) is 5.92 Å². The fourth-order valence-electron chi connectivity index (χ4n) is 3.93. The summed E-state index contributed by atoms with van der Waals surface area (Å²) < 4.78 is 13.2. The van der Waals surface area contributed by atoms with Gasteiger partial charge in [-0.15, -0.1) is 0 Å². The number of rotatable bonds is 6. The number of amides is 1. The molecule has 3 rings (SSSR count). The molecule has 1 aromatic heterocycles. The van der Waals surface area contributed by atoms with E-state index in [9.17, 15) is 9.18 Å². The molecule has 1 amide bonds. The predicted molar refractivity (Wildman–Crippen MR) is 109 cm³/mol. The van der Waals surface area contributed by atoms with Crippen LogP contribution < -0.4 is 0 Å². The summed E-state index contributed by atoms with van der Waals surface area (Å²) >= 11 is 0. The van der Waals surface area contributed by atoms with Gasteiger partial charge in [-0.25, -0.2) is 4.39 Å². The van der Waals surface area contributed by atoms with Crippen LogP contribution in [0.3, 0.4) is 0 Å². The molecule has 0 spiro atoms. The molecular weight excluding hydrogens is 355 g/mol. The monoisotopic (exact) mass is 386 g/mol. The molecule has 5 nitrogen and oxygen atoms in total. The van der Waals surface area contributed by atoms with Crippen molar-refractivity contribution >= 4 is 5.91 Å².